The molecular formula is C11H21N3S. The minimum Gasteiger partial charge on any atom is -0.338 e. The van der Waals surface area contributed by atoms with Gasteiger partial charge in [0.05, 0.1) is 0 Å². The van der Waals surface area contributed by atoms with Crippen LogP contribution in [-0.4, -0.2) is 34.1 Å². The Morgan fingerprint density at radius 2 is 2.40 bits per heavy atom. The second-order valence-electron chi connectivity index (χ2n) is 3.70. The number of hydrogen-bond acceptors (Lipinski definition) is 3. The molecule has 0 amide bonds. The summed E-state index contributed by atoms with van der Waals surface area (Å²) in [5, 5.41) is 3.51. The lowest BCUT2D eigenvalue weighted by Crippen LogP contribution is -2.31. The van der Waals surface area contributed by atoms with Crippen molar-refractivity contribution < 1.29 is 0 Å². The van der Waals surface area contributed by atoms with E-state index in [-0.39, 0.29) is 0 Å². The van der Waals surface area contributed by atoms with E-state index in [1.807, 2.05) is 24.2 Å². The van der Waals surface area contributed by atoms with Crippen molar-refractivity contribution in [3.63, 3.8) is 0 Å². The molecule has 0 aliphatic heterocycles. The van der Waals surface area contributed by atoms with E-state index in [2.05, 4.69) is 35.1 Å². The highest BCUT2D eigenvalue weighted by atomic mass is 32.2. The maximum Gasteiger partial charge on any atom is 0.108 e. The van der Waals surface area contributed by atoms with Gasteiger partial charge in [0.1, 0.15) is 5.82 Å². The molecule has 1 atom stereocenters. The zero-order valence-corrected chi connectivity index (χ0v) is 10.7. The maximum atomic E-state index is 4.34. The van der Waals surface area contributed by atoms with Crippen LogP contribution < -0.4 is 5.32 Å². The molecule has 86 valence electrons. The van der Waals surface area contributed by atoms with Crippen LogP contribution in [0.1, 0.15) is 19.2 Å². The van der Waals surface area contributed by atoms with Crippen LogP contribution in [0.4, 0.5) is 0 Å². The second kappa shape index (κ2) is 6.90. The van der Waals surface area contributed by atoms with Crippen LogP contribution in [0, 0.1) is 0 Å². The molecule has 0 aliphatic rings. The van der Waals surface area contributed by atoms with Gasteiger partial charge in [0.15, 0.2) is 0 Å². The van der Waals surface area contributed by atoms with Gasteiger partial charge in [0, 0.05) is 37.7 Å². The maximum absolute atomic E-state index is 4.34. The fourth-order valence-electron chi connectivity index (χ4n) is 1.67. The fourth-order valence-corrected chi connectivity index (χ4v) is 2.36. The normalized spacial score (nSPS) is 13.0. The smallest absolute Gasteiger partial charge is 0.108 e. The van der Waals surface area contributed by atoms with E-state index in [4.69, 9.17) is 0 Å². The van der Waals surface area contributed by atoms with E-state index in [0.29, 0.717) is 6.04 Å². The molecule has 1 N–H and O–H groups in total. The number of hydrogen-bond donors (Lipinski definition) is 1. The minimum absolute atomic E-state index is 0.613. The third-order valence-electron chi connectivity index (χ3n) is 2.50. The summed E-state index contributed by atoms with van der Waals surface area (Å²) < 4.78 is 2.10. The lowest BCUT2D eigenvalue weighted by Gasteiger charge is -2.16. The van der Waals surface area contributed by atoms with Crippen LogP contribution in [0.2, 0.25) is 0 Å². The summed E-state index contributed by atoms with van der Waals surface area (Å²) >= 11 is 1.90. The van der Waals surface area contributed by atoms with Gasteiger partial charge in [0.2, 0.25) is 0 Å². The topological polar surface area (TPSA) is 29.9 Å². The van der Waals surface area contributed by atoms with Gasteiger partial charge in [0.25, 0.3) is 0 Å². The first-order valence-electron chi connectivity index (χ1n) is 5.46. The quantitative estimate of drug-likeness (QED) is 0.769. The van der Waals surface area contributed by atoms with Crippen molar-refractivity contribution in [2.45, 2.75) is 25.8 Å². The Balaban J connectivity index is 2.36. The van der Waals surface area contributed by atoms with Crippen LogP contribution >= 0.6 is 11.8 Å². The fraction of sp³-hybridized carbons (Fsp3) is 0.727. The Morgan fingerprint density at radius 1 is 1.60 bits per heavy atom. The molecule has 0 aromatic carbocycles. The molecule has 0 aliphatic carbocycles. The van der Waals surface area contributed by atoms with E-state index < -0.39 is 0 Å². The number of thioether (sulfide) groups is 1. The predicted molar refractivity (Wildman–Crippen MR) is 67.4 cm³/mol. The molecule has 1 aromatic rings. The molecule has 0 fully saturated rings. The number of aryl methyl sites for hydroxylation is 2. The summed E-state index contributed by atoms with van der Waals surface area (Å²) in [6, 6.07) is 0.613. The first-order chi connectivity index (χ1) is 7.27. The number of aromatic nitrogens is 2. The molecule has 1 aromatic heterocycles. The molecule has 0 bridgehead atoms. The highest BCUT2D eigenvalue weighted by Crippen LogP contribution is 2.06. The Bertz CT molecular complexity index is 267. The molecule has 0 radical (unpaired) electrons. The first kappa shape index (κ1) is 12.6. The van der Waals surface area contributed by atoms with Gasteiger partial charge < -0.3 is 9.88 Å². The van der Waals surface area contributed by atoms with Crippen LogP contribution in [0.25, 0.3) is 0 Å². The van der Waals surface area contributed by atoms with Crippen molar-refractivity contribution in [2.75, 3.05) is 18.6 Å². The first-order valence-corrected chi connectivity index (χ1v) is 6.85. The monoisotopic (exact) mass is 227 g/mol. The summed E-state index contributed by atoms with van der Waals surface area (Å²) in [6.07, 6.45) is 8.25. The average molecular weight is 227 g/mol. The average Bonchev–Trinajstić information content (AvgIpc) is 2.61. The molecule has 1 heterocycles. The summed E-state index contributed by atoms with van der Waals surface area (Å²) in [7, 11) is 2.05. The number of imidazole rings is 1. The Kier molecular flexibility index (Phi) is 5.79. The lowest BCUT2D eigenvalue weighted by atomic mass is 10.2. The van der Waals surface area contributed by atoms with Crippen LogP contribution in [0.3, 0.4) is 0 Å². The van der Waals surface area contributed by atoms with E-state index in [9.17, 15) is 0 Å². The van der Waals surface area contributed by atoms with Crippen LogP contribution in [0.15, 0.2) is 12.4 Å². The largest absolute Gasteiger partial charge is 0.338 e. The molecule has 15 heavy (non-hydrogen) atoms. The van der Waals surface area contributed by atoms with E-state index in [0.717, 1.165) is 13.0 Å². The molecule has 0 spiro atoms. The molecule has 1 unspecified atom stereocenters. The van der Waals surface area contributed by atoms with Crippen LogP contribution in [-0.2, 0) is 13.5 Å². The van der Waals surface area contributed by atoms with E-state index >= 15 is 0 Å². The molecule has 3 nitrogen and oxygen atoms in total. The molecule has 1 rings (SSSR count). The molecule has 0 saturated carbocycles. The highest BCUT2D eigenvalue weighted by Gasteiger charge is 2.08. The third-order valence-corrected chi connectivity index (χ3v) is 3.23. The van der Waals surface area contributed by atoms with Crippen molar-refractivity contribution in [2.24, 2.45) is 7.05 Å². The summed E-state index contributed by atoms with van der Waals surface area (Å²) in [6.45, 7) is 3.21. The highest BCUT2D eigenvalue weighted by molar-refractivity contribution is 7.98. The lowest BCUT2D eigenvalue weighted by molar-refractivity contribution is 0.527. The van der Waals surface area contributed by atoms with Crippen molar-refractivity contribution in [3.05, 3.63) is 18.2 Å². The molecule has 4 heteroatoms. The Morgan fingerprint density at radius 3 is 2.93 bits per heavy atom. The molecule has 0 saturated heterocycles. The summed E-state index contributed by atoms with van der Waals surface area (Å²) in [5.74, 6) is 2.36. The van der Waals surface area contributed by atoms with Gasteiger partial charge in [-0.25, -0.2) is 4.98 Å². The number of nitrogens with zero attached hydrogens (tertiary/aromatic N) is 2. The van der Waals surface area contributed by atoms with Gasteiger partial charge >= 0.3 is 0 Å². The van der Waals surface area contributed by atoms with Gasteiger partial charge in [-0.05, 0) is 19.2 Å². The van der Waals surface area contributed by atoms with Crippen molar-refractivity contribution >= 4 is 11.8 Å². The Hall–Kier alpha value is -0.480. The van der Waals surface area contributed by atoms with Gasteiger partial charge in [-0.2, -0.15) is 11.8 Å². The standard InChI is InChI=1S/C11H21N3S/c1-4-12-10(9-15-3)5-6-11-13-7-8-14(11)2/h7-8,10,12H,4-6,9H2,1-3H3. The summed E-state index contributed by atoms with van der Waals surface area (Å²) in [5.41, 5.74) is 0. The van der Waals surface area contributed by atoms with Gasteiger partial charge in [-0.3, -0.25) is 0 Å². The SMILES string of the molecule is CCNC(CCc1nccn1C)CSC. The zero-order valence-electron chi connectivity index (χ0n) is 9.86. The predicted octanol–water partition coefficient (Wildman–Crippen LogP) is 1.69. The Labute approximate surface area is 96.7 Å². The van der Waals surface area contributed by atoms with Crippen molar-refractivity contribution in [3.8, 4) is 0 Å². The zero-order chi connectivity index (χ0) is 11.1. The number of rotatable bonds is 7. The van der Waals surface area contributed by atoms with Crippen molar-refractivity contribution in [1.82, 2.24) is 14.9 Å². The van der Waals surface area contributed by atoms with Gasteiger partial charge in [-0.15, -0.1) is 0 Å². The summed E-state index contributed by atoms with van der Waals surface area (Å²) in [4.78, 5) is 4.34. The van der Waals surface area contributed by atoms with Crippen LogP contribution in [0.5, 0.6) is 0 Å². The third kappa shape index (κ3) is 4.26. The van der Waals surface area contributed by atoms with Crippen molar-refractivity contribution in [1.29, 1.82) is 0 Å². The number of nitrogens with one attached hydrogen (secondary N) is 1. The minimum atomic E-state index is 0.613. The van der Waals surface area contributed by atoms with Gasteiger partial charge in [-0.1, -0.05) is 6.92 Å². The van der Waals surface area contributed by atoms with E-state index in [1.54, 1.807) is 0 Å². The molecular weight excluding hydrogens is 206 g/mol. The second-order valence-corrected chi connectivity index (χ2v) is 4.61. The van der Waals surface area contributed by atoms with E-state index in [1.165, 1.54) is 18.0 Å².